The van der Waals surface area contributed by atoms with E-state index >= 15 is 0 Å². The van der Waals surface area contributed by atoms with Gasteiger partial charge in [-0.15, -0.1) is 0 Å². The molecule has 0 aliphatic carbocycles. The molecule has 0 unspecified atom stereocenters. The van der Waals surface area contributed by atoms with Gasteiger partial charge in [0, 0.05) is 5.56 Å². The van der Waals surface area contributed by atoms with Gasteiger partial charge in [0.25, 0.3) is 0 Å². The average molecular weight is 202 g/mol. The number of nitrogen functional groups attached to an aromatic ring is 1. The van der Waals surface area contributed by atoms with Crippen molar-refractivity contribution >= 4 is 23.4 Å². The highest BCUT2D eigenvalue weighted by atomic mass is 35.5. The summed E-state index contributed by atoms with van der Waals surface area (Å²) >= 11 is 5.69. The molecule has 0 bridgehead atoms. The highest BCUT2D eigenvalue weighted by Gasteiger charge is 2.11. The van der Waals surface area contributed by atoms with Crippen LogP contribution in [0.3, 0.4) is 0 Å². The van der Waals surface area contributed by atoms with Gasteiger partial charge in [-0.1, -0.05) is 11.6 Å². The maximum Gasteiger partial charge on any atom is 0.310 e. The Balaban J connectivity index is 2.93. The minimum Gasteiger partial charge on any atom is -0.469 e. The lowest BCUT2D eigenvalue weighted by Crippen LogP contribution is -2.09. The molecule has 5 nitrogen and oxygen atoms in total. The number of ether oxygens (including phenoxy) is 1. The van der Waals surface area contributed by atoms with Gasteiger partial charge in [0.05, 0.1) is 13.5 Å². The van der Waals surface area contributed by atoms with Gasteiger partial charge >= 0.3 is 5.97 Å². The van der Waals surface area contributed by atoms with Crippen molar-refractivity contribution in [2.24, 2.45) is 0 Å². The Bertz CT molecular complexity index is 309. The molecule has 1 rings (SSSR count). The first kappa shape index (κ1) is 9.73. The Morgan fingerprint density at radius 2 is 2.38 bits per heavy atom. The van der Waals surface area contributed by atoms with E-state index in [2.05, 4.69) is 14.7 Å². The van der Waals surface area contributed by atoms with Crippen LogP contribution in [0.15, 0.2) is 6.33 Å². The first-order valence-electron chi connectivity index (χ1n) is 3.46. The second kappa shape index (κ2) is 4.04. The predicted molar refractivity (Wildman–Crippen MR) is 47.2 cm³/mol. The number of halogens is 1. The maximum atomic E-state index is 10.9. The lowest BCUT2D eigenvalue weighted by molar-refractivity contribution is -0.139. The summed E-state index contributed by atoms with van der Waals surface area (Å²) in [5, 5.41) is 0.179. The third kappa shape index (κ3) is 2.29. The highest BCUT2D eigenvalue weighted by Crippen LogP contribution is 2.17. The third-order valence-electron chi connectivity index (χ3n) is 1.47. The van der Waals surface area contributed by atoms with Gasteiger partial charge in [0.15, 0.2) is 0 Å². The van der Waals surface area contributed by atoms with E-state index in [-0.39, 0.29) is 17.4 Å². The topological polar surface area (TPSA) is 78.1 Å². The number of hydrogen-bond acceptors (Lipinski definition) is 5. The van der Waals surface area contributed by atoms with Crippen LogP contribution in [-0.4, -0.2) is 23.0 Å². The third-order valence-corrected chi connectivity index (χ3v) is 1.80. The van der Waals surface area contributed by atoms with Crippen LogP contribution in [0.5, 0.6) is 0 Å². The Hall–Kier alpha value is -1.36. The second-order valence-electron chi connectivity index (χ2n) is 2.28. The molecular formula is C7H8ClN3O2. The van der Waals surface area contributed by atoms with E-state index in [1.807, 2.05) is 0 Å². The van der Waals surface area contributed by atoms with E-state index < -0.39 is 5.97 Å². The van der Waals surface area contributed by atoms with Crippen LogP contribution in [0.4, 0.5) is 5.82 Å². The van der Waals surface area contributed by atoms with Crippen LogP contribution in [0, 0.1) is 0 Å². The lowest BCUT2D eigenvalue weighted by Gasteiger charge is -2.03. The zero-order chi connectivity index (χ0) is 9.84. The van der Waals surface area contributed by atoms with Crippen molar-refractivity contribution in [3.8, 4) is 0 Å². The second-order valence-corrected chi connectivity index (χ2v) is 2.64. The molecule has 0 aromatic carbocycles. The maximum absolute atomic E-state index is 10.9. The standard InChI is InChI=1S/C7H8ClN3O2/c1-13-5(12)2-4-6(8)10-3-11-7(4)9/h3H,2H2,1H3,(H2,9,10,11). The van der Waals surface area contributed by atoms with Crippen molar-refractivity contribution < 1.29 is 9.53 Å². The van der Waals surface area contributed by atoms with Gasteiger partial charge in [0.1, 0.15) is 17.3 Å². The number of anilines is 1. The van der Waals surface area contributed by atoms with E-state index in [1.54, 1.807) is 0 Å². The summed E-state index contributed by atoms with van der Waals surface area (Å²) in [6, 6.07) is 0. The summed E-state index contributed by atoms with van der Waals surface area (Å²) in [6.45, 7) is 0. The van der Waals surface area contributed by atoms with Crippen LogP contribution in [-0.2, 0) is 16.0 Å². The molecule has 70 valence electrons. The molecule has 2 N–H and O–H groups in total. The molecule has 0 amide bonds. The minimum absolute atomic E-state index is 0.0119. The van der Waals surface area contributed by atoms with E-state index in [4.69, 9.17) is 17.3 Å². The number of esters is 1. The van der Waals surface area contributed by atoms with Crippen LogP contribution in [0.2, 0.25) is 5.15 Å². The molecular weight excluding hydrogens is 194 g/mol. The normalized spacial score (nSPS) is 9.69. The number of carbonyl (C=O) groups excluding carboxylic acids is 1. The van der Waals surface area contributed by atoms with Crippen LogP contribution in [0.1, 0.15) is 5.56 Å². The molecule has 0 radical (unpaired) electrons. The Kier molecular flexibility index (Phi) is 3.02. The number of hydrogen-bond donors (Lipinski definition) is 1. The fraction of sp³-hybridized carbons (Fsp3) is 0.286. The van der Waals surface area contributed by atoms with Gasteiger partial charge in [-0.3, -0.25) is 4.79 Å². The van der Waals surface area contributed by atoms with Crippen molar-refractivity contribution in [3.63, 3.8) is 0 Å². The van der Waals surface area contributed by atoms with E-state index in [1.165, 1.54) is 13.4 Å². The molecule has 0 aliphatic heterocycles. The molecule has 1 aromatic heterocycles. The van der Waals surface area contributed by atoms with Gasteiger partial charge in [-0.25, -0.2) is 9.97 Å². The van der Waals surface area contributed by atoms with Crippen molar-refractivity contribution in [1.29, 1.82) is 0 Å². The average Bonchev–Trinajstić information content (AvgIpc) is 2.11. The molecule has 0 fully saturated rings. The highest BCUT2D eigenvalue weighted by molar-refractivity contribution is 6.30. The summed E-state index contributed by atoms with van der Waals surface area (Å²) in [7, 11) is 1.29. The summed E-state index contributed by atoms with van der Waals surface area (Å²) in [5.74, 6) is -0.228. The van der Waals surface area contributed by atoms with Gasteiger partial charge in [-0.05, 0) is 0 Å². The van der Waals surface area contributed by atoms with Crippen molar-refractivity contribution in [2.45, 2.75) is 6.42 Å². The summed E-state index contributed by atoms with van der Waals surface area (Å²) < 4.78 is 4.46. The molecule has 0 aliphatic rings. The SMILES string of the molecule is COC(=O)Cc1c(N)ncnc1Cl. The molecule has 0 saturated carbocycles. The molecule has 1 aromatic rings. The van der Waals surface area contributed by atoms with Gasteiger partial charge in [-0.2, -0.15) is 0 Å². The molecule has 13 heavy (non-hydrogen) atoms. The number of methoxy groups -OCH3 is 1. The number of carbonyl (C=O) groups is 1. The Morgan fingerprint density at radius 1 is 1.69 bits per heavy atom. The van der Waals surface area contributed by atoms with Crippen molar-refractivity contribution in [2.75, 3.05) is 12.8 Å². The number of nitrogens with zero attached hydrogens (tertiary/aromatic N) is 2. The number of aromatic nitrogens is 2. The van der Waals surface area contributed by atoms with Crippen LogP contribution >= 0.6 is 11.6 Å². The summed E-state index contributed by atoms with van der Waals surface area (Å²) in [6.07, 6.45) is 1.22. The van der Waals surface area contributed by atoms with E-state index in [9.17, 15) is 4.79 Å². The summed E-state index contributed by atoms with van der Waals surface area (Å²) in [4.78, 5) is 18.3. The molecule has 0 saturated heterocycles. The smallest absolute Gasteiger partial charge is 0.310 e. The fourth-order valence-corrected chi connectivity index (χ4v) is 0.991. The van der Waals surface area contributed by atoms with Crippen LogP contribution in [0.25, 0.3) is 0 Å². The zero-order valence-electron chi connectivity index (χ0n) is 6.95. The van der Waals surface area contributed by atoms with Crippen molar-refractivity contribution in [3.05, 3.63) is 17.0 Å². The van der Waals surface area contributed by atoms with Crippen molar-refractivity contribution in [1.82, 2.24) is 9.97 Å². The lowest BCUT2D eigenvalue weighted by atomic mass is 10.2. The molecule has 6 heteroatoms. The van der Waals surface area contributed by atoms with Crippen LogP contribution < -0.4 is 5.73 Å². The fourth-order valence-electron chi connectivity index (χ4n) is 0.783. The Labute approximate surface area is 79.9 Å². The first-order chi connectivity index (χ1) is 6.15. The largest absolute Gasteiger partial charge is 0.469 e. The van der Waals surface area contributed by atoms with E-state index in [0.29, 0.717) is 5.56 Å². The molecule has 1 heterocycles. The van der Waals surface area contributed by atoms with E-state index in [0.717, 1.165) is 0 Å². The number of nitrogens with two attached hydrogens (primary N) is 1. The first-order valence-corrected chi connectivity index (χ1v) is 3.84. The predicted octanol–water partition coefficient (Wildman–Crippen LogP) is 0.428. The monoisotopic (exact) mass is 201 g/mol. The quantitative estimate of drug-likeness (QED) is 0.555. The molecule has 0 atom stereocenters. The minimum atomic E-state index is -0.427. The van der Waals surface area contributed by atoms with Gasteiger partial charge < -0.3 is 10.5 Å². The molecule has 0 spiro atoms. The zero-order valence-corrected chi connectivity index (χ0v) is 7.71. The van der Waals surface area contributed by atoms with Gasteiger partial charge in [0.2, 0.25) is 0 Å². The number of rotatable bonds is 2. The summed E-state index contributed by atoms with van der Waals surface area (Å²) in [5.41, 5.74) is 5.88. The Morgan fingerprint density at radius 3 is 2.92 bits per heavy atom.